The molecule has 0 saturated heterocycles. The Balaban J connectivity index is 3.95. The summed E-state index contributed by atoms with van der Waals surface area (Å²) in [4.78, 5) is 10.6. The molecule has 0 radical (unpaired) electrons. The molecule has 0 fully saturated rings. The van der Waals surface area contributed by atoms with Gasteiger partial charge in [-0.15, -0.1) is 0 Å². The average Bonchev–Trinajstić information content (AvgIpc) is 2.07. The minimum Gasteiger partial charge on any atom is -0.382 e. The van der Waals surface area contributed by atoms with Crippen molar-refractivity contribution in [3.8, 4) is 0 Å². The summed E-state index contributed by atoms with van der Waals surface area (Å²) in [6, 6.07) is 0. The average molecular weight is 261 g/mol. The summed E-state index contributed by atoms with van der Waals surface area (Å²) in [7, 11) is 10.5. The third-order valence-electron chi connectivity index (χ3n) is 2.90. The summed E-state index contributed by atoms with van der Waals surface area (Å²) >= 11 is 0. The highest BCUT2D eigenvalue weighted by molar-refractivity contribution is 5.73. The minimum atomic E-state index is -0.295. The van der Waals surface area contributed by atoms with Gasteiger partial charge in [0.25, 0.3) is 0 Å². The molecule has 0 heterocycles. The van der Waals surface area contributed by atoms with Gasteiger partial charge in [-0.1, -0.05) is 0 Å². The van der Waals surface area contributed by atoms with Gasteiger partial charge in [-0.05, 0) is 12.8 Å². The molecular formula is C13H31N3O2+2. The van der Waals surface area contributed by atoms with Crippen molar-refractivity contribution >= 4 is 5.91 Å². The third-order valence-corrected chi connectivity index (χ3v) is 2.90. The number of aliphatic hydroxyl groups excluding tert-OH is 1. The van der Waals surface area contributed by atoms with Gasteiger partial charge in [0.1, 0.15) is 13.1 Å². The van der Waals surface area contributed by atoms with E-state index in [0.29, 0.717) is 6.42 Å². The fourth-order valence-corrected chi connectivity index (χ4v) is 2.19. The number of primary amides is 1. The Labute approximate surface area is 111 Å². The first kappa shape index (κ1) is 17.4. The fraction of sp³-hybridized carbons (Fsp3) is 0.923. The van der Waals surface area contributed by atoms with E-state index in [4.69, 9.17) is 5.73 Å². The Morgan fingerprint density at radius 3 is 2.11 bits per heavy atom. The van der Waals surface area contributed by atoms with Crippen LogP contribution in [-0.4, -0.2) is 81.0 Å². The number of likely N-dealkylation sites (N-methyl/N-ethyl adjacent to an activating group) is 2. The van der Waals surface area contributed by atoms with Gasteiger partial charge in [0.2, 0.25) is 5.91 Å². The highest BCUT2D eigenvalue weighted by Crippen LogP contribution is 2.07. The van der Waals surface area contributed by atoms with E-state index >= 15 is 0 Å². The van der Waals surface area contributed by atoms with E-state index in [0.717, 1.165) is 41.4 Å². The Morgan fingerprint density at radius 2 is 1.67 bits per heavy atom. The number of carbonyl (C=O) groups is 1. The summed E-state index contributed by atoms with van der Waals surface area (Å²) in [5, 5.41) is 10.1. The first-order chi connectivity index (χ1) is 8.02. The molecule has 0 aromatic rings. The standard InChI is InChI=1S/C13H30N3O2/c1-15(2,3)10-12(17)11-16(4,5)9-7-6-8-13(14)18/h12,17H,6-11H2,1-5H3,(H-,14,18)/q+1/p+1. The van der Waals surface area contributed by atoms with Gasteiger partial charge in [-0.25, -0.2) is 0 Å². The van der Waals surface area contributed by atoms with Crippen LogP contribution in [0.15, 0.2) is 0 Å². The third kappa shape index (κ3) is 10.5. The molecule has 5 nitrogen and oxygen atoms in total. The molecule has 1 amide bonds. The lowest BCUT2D eigenvalue weighted by atomic mass is 10.2. The van der Waals surface area contributed by atoms with Gasteiger partial charge >= 0.3 is 0 Å². The van der Waals surface area contributed by atoms with Gasteiger partial charge < -0.3 is 19.8 Å². The van der Waals surface area contributed by atoms with Crippen LogP contribution in [0.25, 0.3) is 0 Å². The van der Waals surface area contributed by atoms with Crippen molar-refractivity contribution in [3.05, 3.63) is 0 Å². The summed E-state index contributed by atoms with van der Waals surface area (Å²) < 4.78 is 1.54. The maximum Gasteiger partial charge on any atom is 0.217 e. The van der Waals surface area contributed by atoms with Crippen molar-refractivity contribution in [1.29, 1.82) is 0 Å². The zero-order valence-electron chi connectivity index (χ0n) is 12.6. The second kappa shape index (κ2) is 7.07. The number of nitrogens with two attached hydrogens (primary N) is 1. The topological polar surface area (TPSA) is 63.3 Å². The number of amides is 1. The van der Waals surface area contributed by atoms with E-state index in [1.807, 2.05) is 0 Å². The van der Waals surface area contributed by atoms with Crippen LogP contribution in [0, 0.1) is 0 Å². The summed E-state index contributed by atoms with van der Waals surface area (Å²) in [5.41, 5.74) is 5.11. The molecule has 1 atom stereocenters. The molecule has 0 aliphatic rings. The van der Waals surface area contributed by atoms with E-state index in [1.165, 1.54) is 0 Å². The molecule has 0 saturated carbocycles. The predicted octanol–water partition coefficient (Wildman–Crippen LogP) is -0.214. The summed E-state index contributed by atoms with van der Waals surface area (Å²) in [6.45, 7) is 2.45. The fourth-order valence-electron chi connectivity index (χ4n) is 2.19. The number of hydrogen-bond donors (Lipinski definition) is 2. The second-order valence-electron chi connectivity index (χ2n) is 6.89. The molecule has 1 unspecified atom stereocenters. The van der Waals surface area contributed by atoms with Gasteiger partial charge in [0.05, 0.1) is 41.8 Å². The highest BCUT2D eigenvalue weighted by atomic mass is 16.3. The molecule has 18 heavy (non-hydrogen) atoms. The molecule has 0 aliphatic heterocycles. The maximum atomic E-state index is 10.6. The normalized spacial score (nSPS) is 14.6. The van der Waals surface area contributed by atoms with Crippen LogP contribution in [0.5, 0.6) is 0 Å². The van der Waals surface area contributed by atoms with E-state index in [-0.39, 0.29) is 12.0 Å². The largest absolute Gasteiger partial charge is 0.382 e. The molecule has 0 rings (SSSR count). The molecule has 3 N–H and O–H groups in total. The lowest BCUT2D eigenvalue weighted by Crippen LogP contribution is -2.51. The lowest BCUT2D eigenvalue weighted by molar-refractivity contribution is -0.907. The first-order valence-corrected chi connectivity index (χ1v) is 6.61. The molecule has 0 aromatic heterocycles. The molecule has 0 bridgehead atoms. The van der Waals surface area contributed by atoms with Crippen molar-refractivity contribution < 1.29 is 18.9 Å². The lowest BCUT2D eigenvalue weighted by Gasteiger charge is -2.34. The van der Waals surface area contributed by atoms with Crippen LogP contribution >= 0.6 is 0 Å². The number of aliphatic hydroxyl groups is 1. The van der Waals surface area contributed by atoms with Gasteiger partial charge in [0.15, 0.2) is 6.10 Å². The van der Waals surface area contributed by atoms with E-state index in [2.05, 4.69) is 35.2 Å². The maximum absolute atomic E-state index is 10.6. The van der Waals surface area contributed by atoms with Crippen LogP contribution in [0.1, 0.15) is 19.3 Å². The number of carbonyl (C=O) groups excluding carboxylic acids is 1. The molecule has 0 aromatic carbocycles. The van der Waals surface area contributed by atoms with Crippen LogP contribution in [0.3, 0.4) is 0 Å². The summed E-state index contributed by atoms with van der Waals surface area (Å²) in [5.74, 6) is -0.231. The first-order valence-electron chi connectivity index (χ1n) is 6.61. The van der Waals surface area contributed by atoms with Crippen molar-refractivity contribution in [3.63, 3.8) is 0 Å². The van der Waals surface area contributed by atoms with E-state index < -0.39 is 0 Å². The zero-order chi connectivity index (χ0) is 14.4. The van der Waals surface area contributed by atoms with Crippen LogP contribution < -0.4 is 5.73 Å². The number of rotatable bonds is 9. The smallest absolute Gasteiger partial charge is 0.217 e. The van der Waals surface area contributed by atoms with Gasteiger partial charge in [-0.3, -0.25) is 4.79 Å². The van der Waals surface area contributed by atoms with Crippen molar-refractivity contribution in [2.75, 3.05) is 54.9 Å². The minimum absolute atomic E-state index is 0.231. The SMILES string of the molecule is C[N+](C)(C)CC(O)C[N+](C)(C)CCCCC(N)=O. The second-order valence-corrected chi connectivity index (χ2v) is 6.89. The number of unbranched alkanes of at least 4 members (excludes halogenated alkanes) is 1. The Hall–Kier alpha value is -0.650. The number of quaternary nitrogens is 2. The quantitative estimate of drug-likeness (QED) is 0.445. The van der Waals surface area contributed by atoms with Crippen LogP contribution in [-0.2, 0) is 4.79 Å². The molecule has 108 valence electrons. The van der Waals surface area contributed by atoms with Crippen molar-refractivity contribution in [2.24, 2.45) is 5.73 Å². The van der Waals surface area contributed by atoms with Crippen molar-refractivity contribution in [2.45, 2.75) is 25.4 Å². The van der Waals surface area contributed by atoms with Gasteiger partial charge in [-0.2, -0.15) is 0 Å². The molecule has 5 heteroatoms. The van der Waals surface area contributed by atoms with Crippen LogP contribution in [0.4, 0.5) is 0 Å². The van der Waals surface area contributed by atoms with Gasteiger partial charge in [0, 0.05) is 6.42 Å². The van der Waals surface area contributed by atoms with E-state index in [9.17, 15) is 9.90 Å². The Bertz CT molecular complexity index is 259. The number of hydrogen-bond acceptors (Lipinski definition) is 2. The summed E-state index contributed by atoms with van der Waals surface area (Å²) in [6.07, 6.45) is 1.97. The van der Waals surface area contributed by atoms with Crippen LogP contribution in [0.2, 0.25) is 0 Å². The number of nitrogens with zero attached hydrogens (tertiary/aromatic N) is 2. The monoisotopic (exact) mass is 261 g/mol. The zero-order valence-corrected chi connectivity index (χ0v) is 12.6. The Morgan fingerprint density at radius 1 is 1.11 bits per heavy atom. The Kier molecular flexibility index (Phi) is 6.81. The molecule has 0 spiro atoms. The molecule has 0 aliphatic carbocycles. The predicted molar refractivity (Wildman–Crippen MR) is 73.8 cm³/mol. The highest BCUT2D eigenvalue weighted by Gasteiger charge is 2.24. The van der Waals surface area contributed by atoms with E-state index in [1.54, 1.807) is 0 Å². The van der Waals surface area contributed by atoms with Crippen molar-refractivity contribution in [1.82, 2.24) is 0 Å². The molecular weight excluding hydrogens is 230 g/mol.